The molecule has 2 aromatic rings. The Hall–Kier alpha value is -2.98. The molecule has 0 atom stereocenters. The van der Waals surface area contributed by atoms with Crippen molar-refractivity contribution in [3.8, 4) is 23.3 Å². The van der Waals surface area contributed by atoms with Crippen LogP contribution in [0.3, 0.4) is 0 Å². The second-order valence-corrected chi connectivity index (χ2v) is 3.82. The lowest BCUT2D eigenvalue weighted by Gasteiger charge is -2.02. The van der Waals surface area contributed by atoms with Crippen molar-refractivity contribution >= 4 is 5.71 Å². The molecule has 0 N–H and O–H groups in total. The van der Waals surface area contributed by atoms with Crippen LogP contribution in [0.4, 0.5) is 0 Å². The molecule has 2 rings (SSSR count). The van der Waals surface area contributed by atoms with Gasteiger partial charge >= 0.3 is 0 Å². The molecule has 1 aromatic carbocycles. The van der Waals surface area contributed by atoms with E-state index >= 15 is 0 Å². The average Bonchev–Trinajstić information content (AvgIpc) is 2.50. The molecule has 0 radical (unpaired) electrons. The van der Waals surface area contributed by atoms with Crippen molar-refractivity contribution in [2.24, 2.45) is 4.99 Å². The van der Waals surface area contributed by atoms with Crippen LogP contribution >= 0.6 is 0 Å². The molecule has 0 aliphatic heterocycles. The van der Waals surface area contributed by atoms with Gasteiger partial charge in [0.05, 0.1) is 6.54 Å². The van der Waals surface area contributed by atoms with Gasteiger partial charge in [-0.15, -0.1) is 0 Å². The fraction of sp³-hybridized carbons (Fsp3) is 0.0667. The van der Waals surface area contributed by atoms with Crippen LogP contribution in [0.2, 0.25) is 0 Å². The minimum absolute atomic E-state index is 0.0989. The molecule has 1 heterocycles. The number of nitrogens with zero attached hydrogens (tertiary/aromatic N) is 4. The van der Waals surface area contributed by atoms with E-state index in [0.717, 1.165) is 16.7 Å². The number of aromatic nitrogens is 1. The van der Waals surface area contributed by atoms with Gasteiger partial charge in [-0.05, 0) is 28.8 Å². The van der Waals surface area contributed by atoms with Crippen LogP contribution in [0.25, 0.3) is 11.1 Å². The van der Waals surface area contributed by atoms with Crippen molar-refractivity contribution in [3.05, 3.63) is 54.4 Å². The molecule has 1 aromatic heterocycles. The first kappa shape index (κ1) is 12.5. The summed E-state index contributed by atoms with van der Waals surface area (Å²) in [5, 5.41) is 17.2. The zero-order chi connectivity index (χ0) is 13.5. The number of benzene rings is 1. The van der Waals surface area contributed by atoms with E-state index in [2.05, 4.69) is 9.98 Å². The molecule has 0 saturated heterocycles. The maximum atomic E-state index is 8.59. The van der Waals surface area contributed by atoms with Gasteiger partial charge in [-0.25, -0.2) is 0 Å². The van der Waals surface area contributed by atoms with Crippen LogP contribution in [0, 0.1) is 22.7 Å². The zero-order valence-corrected chi connectivity index (χ0v) is 10.1. The number of pyridine rings is 1. The molecule has 0 fully saturated rings. The number of hydrogen-bond acceptors (Lipinski definition) is 4. The largest absolute Gasteiger partial charge is 0.265 e. The highest BCUT2D eigenvalue weighted by atomic mass is 14.7. The zero-order valence-electron chi connectivity index (χ0n) is 10.1. The van der Waals surface area contributed by atoms with Crippen LogP contribution in [0.1, 0.15) is 5.56 Å². The molecule has 0 saturated carbocycles. The monoisotopic (exact) mass is 246 g/mol. The Bertz CT molecular complexity index is 642. The van der Waals surface area contributed by atoms with Gasteiger partial charge in [0.25, 0.3) is 0 Å². The second kappa shape index (κ2) is 6.09. The van der Waals surface area contributed by atoms with E-state index in [0.29, 0.717) is 6.54 Å². The predicted molar refractivity (Wildman–Crippen MR) is 72.0 cm³/mol. The van der Waals surface area contributed by atoms with E-state index in [1.165, 1.54) is 0 Å². The number of hydrogen-bond donors (Lipinski definition) is 0. The van der Waals surface area contributed by atoms with Gasteiger partial charge in [0.1, 0.15) is 12.1 Å². The summed E-state index contributed by atoms with van der Waals surface area (Å²) in [6.45, 7) is 0.340. The van der Waals surface area contributed by atoms with Crippen molar-refractivity contribution in [3.63, 3.8) is 0 Å². The van der Waals surface area contributed by atoms with E-state index in [1.807, 2.05) is 36.4 Å². The molecule has 0 spiro atoms. The normalized spacial score (nSPS) is 9.16. The second-order valence-electron chi connectivity index (χ2n) is 3.82. The van der Waals surface area contributed by atoms with E-state index in [9.17, 15) is 0 Å². The number of nitriles is 2. The van der Waals surface area contributed by atoms with Crippen molar-refractivity contribution in [1.82, 2.24) is 4.98 Å². The Kier molecular flexibility index (Phi) is 4.00. The van der Waals surface area contributed by atoms with E-state index < -0.39 is 0 Å². The molecule has 4 heteroatoms. The van der Waals surface area contributed by atoms with Gasteiger partial charge in [0.2, 0.25) is 5.71 Å². The van der Waals surface area contributed by atoms with E-state index in [-0.39, 0.29) is 5.71 Å². The highest BCUT2D eigenvalue weighted by Crippen LogP contribution is 2.18. The summed E-state index contributed by atoms with van der Waals surface area (Å²) in [6, 6.07) is 15.2. The molecule has 4 nitrogen and oxygen atoms in total. The fourth-order valence-electron chi connectivity index (χ4n) is 1.61. The molecular weight excluding hydrogens is 236 g/mol. The first-order chi connectivity index (χ1) is 9.33. The Labute approximate surface area is 111 Å². The molecule has 0 bridgehead atoms. The SMILES string of the molecule is N#CC(C#N)=NCc1ccc(-c2ccncc2)cc1. The molecule has 0 aliphatic rings. The first-order valence-corrected chi connectivity index (χ1v) is 5.67. The molecule has 90 valence electrons. The quantitative estimate of drug-likeness (QED) is 0.781. The van der Waals surface area contributed by atoms with Crippen LogP contribution in [0.5, 0.6) is 0 Å². The van der Waals surface area contributed by atoms with Crippen molar-refractivity contribution in [1.29, 1.82) is 10.5 Å². The summed E-state index contributed by atoms with van der Waals surface area (Å²) >= 11 is 0. The van der Waals surface area contributed by atoms with Crippen LogP contribution in [-0.4, -0.2) is 10.7 Å². The van der Waals surface area contributed by atoms with Crippen LogP contribution < -0.4 is 0 Å². The Morgan fingerprint density at radius 2 is 1.53 bits per heavy atom. The van der Waals surface area contributed by atoms with Gasteiger partial charge < -0.3 is 0 Å². The third-order valence-corrected chi connectivity index (χ3v) is 2.60. The summed E-state index contributed by atoms with van der Waals surface area (Å²) in [4.78, 5) is 7.89. The summed E-state index contributed by atoms with van der Waals surface area (Å²) < 4.78 is 0. The Morgan fingerprint density at radius 3 is 2.11 bits per heavy atom. The van der Waals surface area contributed by atoms with E-state index in [1.54, 1.807) is 24.5 Å². The third kappa shape index (κ3) is 3.24. The minimum Gasteiger partial charge on any atom is -0.265 e. The van der Waals surface area contributed by atoms with Crippen molar-refractivity contribution in [2.45, 2.75) is 6.54 Å². The molecular formula is C15H10N4. The maximum Gasteiger partial charge on any atom is 0.213 e. The molecule has 0 amide bonds. The smallest absolute Gasteiger partial charge is 0.213 e. The van der Waals surface area contributed by atoms with E-state index in [4.69, 9.17) is 10.5 Å². The lowest BCUT2D eigenvalue weighted by Crippen LogP contribution is -1.90. The molecule has 0 aliphatic carbocycles. The lowest BCUT2D eigenvalue weighted by atomic mass is 10.1. The summed E-state index contributed by atoms with van der Waals surface area (Å²) in [5.74, 6) is 0. The topological polar surface area (TPSA) is 72.8 Å². The lowest BCUT2D eigenvalue weighted by molar-refractivity contribution is 1.07. The van der Waals surface area contributed by atoms with Crippen molar-refractivity contribution < 1.29 is 0 Å². The predicted octanol–water partition coefficient (Wildman–Crippen LogP) is 2.74. The Balaban J connectivity index is 2.15. The number of aliphatic imine (C=N–C) groups is 1. The first-order valence-electron chi connectivity index (χ1n) is 5.67. The maximum absolute atomic E-state index is 8.59. The van der Waals surface area contributed by atoms with Crippen LogP contribution in [-0.2, 0) is 6.54 Å². The van der Waals surface area contributed by atoms with Gasteiger partial charge in [0.15, 0.2) is 0 Å². The molecule has 0 unspecified atom stereocenters. The van der Waals surface area contributed by atoms with Gasteiger partial charge in [0, 0.05) is 12.4 Å². The minimum atomic E-state index is -0.0989. The third-order valence-electron chi connectivity index (χ3n) is 2.60. The highest BCUT2D eigenvalue weighted by molar-refractivity contribution is 6.10. The van der Waals surface area contributed by atoms with Gasteiger partial charge in [-0.2, -0.15) is 10.5 Å². The average molecular weight is 246 g/mol. The highest BCUT2D eigenvalue weighted by Gasteiger charge is 1.98. The molecule has 19 heavy (non-hydrogen) atoms. The summed E-state index contributed by atoms with van der Waals surface area (Å²) in [7, 11) is 0. The summed E-state index contributed by atoms with van der Waals surface area (Å²) in [6.07, 6.45) is 3.50. The van der Waals surface area contributed by atoms with Crippen LogP contribution in [0.15, 0.2) is 53.8 Å². The Morgan fingerprint density at radius 1 is 0.947 bits per heavy atom. The fourth-order valence-corrected chi connectivity index (χ4v) is 1.61. The van der Waals surface area contributed by atoms with Gasteiger partial charge in [-0.1, -0.05) is 24.3 Å². The van der Waals surface area contributed by atoms with Crippen molar-refractivity contribution in [2.75, 3.05) is 0 Å². The number of rotatable bonds is 3. The summed E-state index contributed by atoms with van der Waals surface area (Å²) in [5.41, 5.74) is 3.05. The standard InChI is InChI=1S/C15H10N4/c16-9-15(10-17)19-11-12-1-3-13(4-2-12)14-5-7-18-8-6-14/h1-8H,11H2. The van der Waals surface area contributed by atoms with Gasteiger partial charge in [-0.3, -0.25) is 9.98 Å².